The molecule has 1 aliphatic heterocycles. The number of aromatic nitrogens is 2. The van der Waals surface area contributed by atoms with Gasteiger partial charge in [-0.1, -0.05) is 13.8 Å². The van der Waals surface area contributed by atoms with Crippen LogP contribution in [0.25, 0.3) is 0 Å². The fraction of sp³-hybridized carbons (Fsp3) is 0.643. The molecule has 0 radical (unpaired) electrons. The molecule has 1 atom stereocenters. The van der Waals surface area contributed by atoms with Gasteiger partial charge >= 0.3 is 5.69 Å². The van der Waals surface area contributed by atoms with Crippen molar-refractivity contribution in [1.29, 1.82) is 0 Å². The highest BCUT2D eigenvalue weighted by molar-refractivity contribution is 5.93. The number of H-pyrrole nitrogens is 1. The minimum atomic E-state index is -0.574. The largest absolute Gasteiger partial charge is 0.376 e. The van der Waals surface area contributed by atoms with Gasteiger partial charge in [0, 0.05) is 19.3 Å². The molecule has 7 heteroatoms. The van der Waals surface area contributed by atoms with Crippen molar-refractivity contribution in [2.24, 2.45) is 5.92 Å². The van der Waals surface area contributed by atoms with Crippen molar-refractivity contribution < 1.29 is 9.53 Å². The van der Waals surface area contributed by atoms with Gasteiger partial charge in [0.25, 0.3) is 11.5 Å². The molecule has 0 saturated carbocycles. The van der Waals surface area contributed by atoms with Gasteiger partial charge in [-0.15, -0.1) is 0 Å². The predicted octanol–water partition coefficient (Wildman–Crippen LogP) is 0.101. The van der Waals surface area contributed by atoms with Crippen LogP contribution in [-0.2, 0) is 11.3 Å². The summed E-state index contributed by atoms with van der Waals surface area (Å²) >= 11 is 0. The Kier molecular flexibility index (Phi) is 4.95. The van der Waals surface area contributed by atoms with Crippen molar-refractivity contribution in [2.45, 2.75) is 39.3 Å². The number of carbonyl (C=O) groups excluding carboxylic acids is 1. The minimum absolute atomic E-state index is 0.0479. The Bertz CT molecular complexity index is 611. The predicted molar refractivity (Wildman–Crippen MR) is 77.5 cm³/mol. The van der Waals surface area contributed by atoms with Crippen LogP contribution < -0.4 is 16.6 Å². The molecule has 2 heterocycles. The van der Waals surface area contributed by atoms with Gasteiger partial charge in [-0.05, 0) is 18.8 Å². The summed E-state index contributed by atoms with van der Waals surface area (Å²) in [6.07, 6.45) is 2.77. The number of hydrogen-bond acceptors (Lipinski definition) is 4. The van der Waals surface area contributed by atoms with Gasteiger partial charge in [0.2, 0.25) is 0 Å². The molecule has 0 bridgehead atoms. The van der Waals surface area contributed by atoms with Crippen LogP contribution in [0.4, 0.5) is 0 Å². The van der Waals surface area contributed by atoms with Gasteiger partial charge in [0.1, 0.15) is 5.56 Å². The lowest BCUT2D eigenvalue weighted by atomic mass is 10.2. The number of hydrogen-bond donors (Lipinski definition) is 2. The number of aromatic amines is 1. The molecule has 1 amide bonds. The molecular formula is C14H21N3O4. The fourth-order valence-electron chi connectivity index (χ4n) is 2.22. The monoisotopic (exact) mass is 295 g/mol. The molecule has 1 unspecified atom stereocenters. The first-order chi connectivity index (χ1) is 9.99. The van der Waals surface area contributed by atoms with Gasteiger partial charge in [-0.3, -0.25) is 14.2 Å². The summed E-state index contributed by atoms with van der Waals surface area (Å²) in [7, 11) is 0. The first-order valence-corrected chi connectivity index (χ1v) is 7.21. The maximum absolute atomic E-state index is 12.3. The van der Waals surface area contributed by atoms with E-state index in [9.17, 15) is 14.4 Å². The molecule has 7 nitrogen and oxygen atoms in total. The molecule has 1 aromatic heterocycles. The molecule has 1 fully saturated rings. The van der Waals surface area contributed by atoms with Crippen LogP contribution >= 0.6 is 0 Å². The van der Waals surface area contributed by atoms with E-state index in [0.717, 1.165) is 17.4 Å². The Balaban J connectivity index is 2.21. The zero-order valence-electron chi connectivity index (χ0n) is 12.3. The normalized spacial score (nSPS) is 18.1. The molecular weight excluding hydrogens is 274 g/mol. The van der Waals surface area contributed by atoms with Crippen molar-refractivity contribution in [3.63, 3.8) is 0 Å². The highest BCUT2D eigenvalue weighted by Gasteiger charge is 2.20. The Labute approximate surface area is 122 Å². The molecule has 2 N–H and O–H groups in total. The summed E-state index contributed by atoms with van der Waals surface area (Å²) in [5.41, 5.74) is -1.14. The van der Waals surface area contributed by atoms with E-state index in [1.54, 1.807) is 0 Å². The average molecular weight is 295 g/mol. The van der Waals surface area contributed by atoms with Crippen LogP contribution in [0, 0.1) is 5.92 Å². The fourth-order valence-corrected chi connectivity index (χ4v) is 2.22. The van der Waals surface area contributed by atoms with Crippen LogP contribution in [0.15, 0.2) is 15.8 Å². The van der Waals surface area contributed by atoms with Crippen molar-refractivity contribution in [1.82, 2.24) is 14.9 Å². The number of rotatable bonds is 5. The summed E-state index contributed by atoms with van der Waals surface area (Å²) < 4.78 is 6.48. The second-order valence-corrected chi connectivity index (χ2v) is 5.66. The van der Waals surface area contributed by atoms with Crippen molar-refractivity contribution >= 4 is 5.91 Å². The molecule has 1 aromatic rings. The van der Waals surface area contributed by atoms with Crippen molar-refractivity contribution in [3.8, 4) is 0 Å². The molecule has 0 aromatic carbocycles. The van der Waals surface area contributed by atoms with Crippen LogP contribution in [0.3, 0.4) is 0 Å². The lowest BCUT2D eigenvalue weighted by Gasteiger charge is -2.12. The second-order valence-electron chi connectivity index (χ2n) is 5.66. The van der Waals surface area contributed by atoms with Gasteiger partial charge in [-0.2, -0.15) is 0 Å². The van der Waals surface area contributed by atoms with Crippen LogP contribution in [0.2, 0.25) is 0 Å². The van der Waals surface area contributed by atoms with Gasteiger partial charge < -0.3 is 15.0 Å². The second kappa shape index (κ2) is 6.71. The molecule has 1 saturated heterocycles. The maximum Gasteiger partial charge on any atom is 0.328 e. The SMILES string of the molecule is CC(C)CNC(=O)c1c[nH]c(=O)n(CC2CCCO2)c1=O. The van der Waals surface area contributed by atoms with E-state index in [1.807, 2.05) is 13.8 Å². The average Bonchev–Trinajstić information content (AvgIpc) is 2.94. The standard InChI is InChI=1S/C14H21N3O4/c1-9(2)6-15-12(18)11-7-16-14(20)17(13(11)19)8-10-4-3-5-21-10/h7,9-10H,3-6,8H2,1-2H3,(H,15,18)(H,16,20). The quantitative estimate of drug-likeness (QED) is 0.806. The summed E-state index contributed by atoms with van der Waals surface area (Å²) in [6.45, 7) is 5.22. The molecule has 21 heavy (non-hydrogen) atoms. The maximum atomic E-state index is 12.3. The Morgan fingerprint density at radius 3 is 2.90 bits per heavy atom. The molecule has 1 aliphatic rings. The van der Waals surface area contributed by atoms with Crippen molar-refractivity contribution in [3.05, 3.63) is 32.6 Å². The number of nitrogens with zero attached hydrogens (tertiary/aromatic N) is 1. The number of carbonyl (C=O) groups is 1. The summed E-state index contributed by atoms with van der Waals surface area (Å²) in [5.74, 6) is -0.183. The first kappa shape index (κ1) is 15.5. The zero-order valence-corrected chi connectivity index (χ0v) is 12.3. The lowest BCUT2D eigenvalue weighted by molar-refractivity contribution is 0.0920. The third-order valence-electron chi connectivity index (χ3n) is 3.39. The number of nitrogens with one attached hydrogen (secondary N) is 2. The van der Waals surface area contributed by atoms with E-state index in [2.05, 4.69) is 10.3 Å². The lowest BCUT2D eigenvalue weighted by Crippen LogP contribution is -2.43. The van der Waals surface area contributed by atoms with E-state index < -0.39 is 17.2 Å². The van der Waals surface area contributed by atoms with E-state index in [4.69, 9.17) is 4.74 Å². The van der Waals surface area contributed by atoms with Crippen LogP contribution in [0.1, 0.15) is 37.0 Å². The van der Waals surface area contributed by atoms with Gasteiger partial charge in [0.05, 0.1) is 12.6 Å². The van der Waals surface area contributed by atoms with Crippen LogP contribution in [-0.4, -0.2) is 34.7 Å². The number of amides is 1. The highest BCUT2D eigenvalue weighted by atomic mass is 16.5. The topological polar surface area (TPSA) is 93.2 Å². The number of ether oxygens (including phenoxy) is 1. The Morgan fingerprint density at radius 2 is 2.29 bits per heavy atom. The molecule has 2 rings (SSSR count). The van der Waals surface area contributed by atoms with Crippen molar-refractivity contribution in [2.75, 3.05) is 13.2 Å². The molecule has 0 aliphatic carbocycles. The molecule has 0 spiro atoms. The van der Waals surface area contributed by atoms with E-state index >= 15 is 0 Å². The third-order valence-corrected chi connectivity index (χ3v) is 3.39. The van der Waals surface area contributed by atoms with Gasteiger partial charge in [-0.25, -0.2) is 4.79 Å². The summed E-state index contributed by atoms with van der Waals surface area (Å²) in [4.78, 5) is 38.5. The Morgan fingerprint density at radius 1 is 1.52 bits per heavy atom. The minimum Gasteiger partial charge on any atom is -0.376 e. The summed E-state index contributed by atoms with van der Waals surface area (Å²) in [5, 5.41) is 2.67. The summed E-state index contributed by atoms with van der Waals surface area (Å²) in [6, 6.07) is 0. The van der Waals surface area contributed by atoms with E-state index in [-0.39, 0.29) is 24.1 Å². The van der Waals surface area contributed by atoms with E-state index in [1.165, 1.54) is 6.20 Å². The molecule has 116 valence electrons. The zero-order chi connectivity index (χ0) is 15.4. The van der Waals surface area contributed by atoms with Crippen LogP contribution in [0.5, 0.6) is 0 Å². The highest BCUT2D eigenvalue weighted by Crippen LogP contribution is 2.12. The Hall–Kier alpha value is -1.89. The van der Waals surface area contributed by atoms with E-state index in [0.29, 0.717) is 13.2 Å². The smallest absolute Gasteiger partial charge is 0.328 e. The van der Waals surface area contributed by atoms with Gasteiger partial charge in [0.15, 0.2) is 0 Å². The third kappa shape index (κ3) is 3.81. The first-order valence-electron chi connectivity index (χ1n) is 7.21.